The number of nitro groups is 1. The molecule has 0 fully saturated rings. The average molecular weight is 518 g/mol. The van der Waals surface area contributed by atoms with Crippen LogP contribution in [-0.2, 0) is 24.3 Å². The number of carbonyl (C=O) groups is 1. The molecular weight excluding hydrogens is 489 g/mol. The summed E-state index contributed by atoms with van der Waals surface area (Å²) in [6, 6.07) is 11.8. The van der Waals surface area contributed by atoms with Crippen LogP contribution in [0.5, 0.6) is 0 Å². The van der Waals surface area contributed by atoms with Gasteiger partial charge in [0.05, 0.1) is 21.3 Å². The molecule has 10 heteroatoms. The molecule has 0 bridgehead atoms. The second-order valence-electron chi connectivity index (χ2n) is 8.71. The lowest BCUT2D eigenvalue weighted by molar-refractivity contribution is -0.384. The van der Waals surface area contributed by atoms with Crippen molar-refractivity contribution in [3.8, 4) is 0 Å². The summed E-state index contributed by atoms with van der Waals surface area (Å²) in [5, 5.41) is 13.4. The molecule has 2 N–H and O–H groups in total. The lowest BCUT2D eigenvalue weighted by Gasteiger charge is -2.27. The number of nitrogens with two attached hydrogens (primary N) is 1. The molecular formula is C25H29Cl2N5O3. The number of aromatic nitrogens is 2. The van der Waals surface area contributed by atoms with E-state index >= 15 is 0 Å². The van der Waals surface area contributed by atoms with Gasteiger partial charge < -0.3 is 4.57 Å². The van der Waals surface area contributed by atoms with Crippen LogP contribution >= 0.6 is 23.2 Å². The minimum atomic E-state index is -0.429. The number of hydrogen-bond acceptors (Lipinski definition) is 6. The Morgan fingerprint density at radius 2 is 1.94 bits per heavy atom. The second-order valence-corrected chi connectivity index (χ2v) is 9.50. The summed E-state index contributed by atoms with van der Waals surface area (Å²) in [7, 11) is 0. The van der Waals surface area contributed by atoms with Gasteiger partial charge in [0.1, 0.15) is 5.78 Å². The Labute approximate surface area is 214 Å². The van der Waals surface area contributed by atoms with Gasteiger partial charge in [-0.25, -0.2) is 9.99 Å². The van der Waals surface area contributed by atoms with Crippen LogP contribution in [0.25, 0.3) is 0 Å². The average Bonchev–Trinajstić information content (AvgIpc) is 3.26. The van der Waals surface area contributed by atoms with E-state index in [0.717, 1.165) is 23.2 Å². The molecule has 0 saturated heterocycles. The number of rotatable bonds is 12. The number of benzene rings is 2. The first-order valence-corrected chi connectivity index (χ1v) is 12.1. The normalized spacial score (nSPS) is 13.1. The fourth-order valence-corrected chi connectivity index (χ4v) is 4.34. The fourth-order valence-electron chi connectivity index (χ4n) is 3.96. The van der Waals surface area contributed by atoms with E-state index in [9.17, 15) is 14.9 Å². The molecule has 1 aromatic heterocycles. The predicted octanol–water partition coefficient (Wildman–Crippen LogP) is 5.30. The van der Waals surface area contributed by atoms with Crippen molar-refractivity contribution < 1.29 is 9.72 Å². The SMILES string of the molecule is CC[C@H](C)[C@@H](CN(N)Cc1cccc(Cl)c1Cl)C(=O)Cc1cncn1Cc1ccc([N+](=O)[O-])cc1. The molecule has 8 nitrogen and oxygen atoms in total. The Balaban J connectivity index is 1.69. The van der Waals surface area contributed by atoms with Crippen LogP contribution in [0.2, 0.25) is 10.0 Å². The van der Waals surface area contributed by atoms with E-state index in [2.05, 4.69) is 18.8 Å². The summed E-state index contributed by atoms with van der Waals surface area (Å²) in [5.74, 6) is 6.25. The van der Waals surface area contributed by atoms with Crippen LogP contribution < -0.4 is 5.84 Å². The molecule has 0 unspecified atom stereocenters. The Morgan fingerprint density at radius 1 is 1.23 bits per heavy atom. The predicted molar refractivity (Wildman–Crippen MR) is 137 cm³/mol. The van der Waals surface area contributed by atoms with Crippen LogP contribution in [0.4, 0.5) is 5.69 Å². The maximum atomic E-state index is 13.4. The van der Waals surface area contributed by atoms with Gasteiger partial charge >= 0.3 is 0 Å². The Bertz CT molecular complexity index is 1170. The Morgan fingerprint density at radius 3 is 2.60 bits per heavy atom. The van der Waals surface area contributed by atoms with E-state index in [0.29, 0.717) is 29.7 Å². The van der Waals surface area contributed by atoms with Crippen LogP contribution in [0.15, 0.2) is 55.0 Å². The summed E-state index contributed by atoms with van der Waals surface area (Å²) in [6.45, 7) is 5.32. The standard InChI is InChI=1S/C25H29Cl2N5O3/c1-3-17(2)22(15-31(28)14-19-5-4-6-23(26)25(19)27)24(33)11-21-12-29-16-30(21)13-18-7-9-20(10-8-18)32(34)35/h4-10,12,16-17,22H,3,11,13-15,28H2,1-2H3/t17-,22+/m0/s1. The van der Waals surface area contributed by atoms with Crippen LogP contribution in [0.1, 0.15) is 37.1 Å². The summed E-state index contributed by atoms with van der Waals surface area (Å²) in [4.78, 5) is 28.1. The zero-order valence-electron chi connectivity index (χ0n) is 19.7. The molecule has 0 amide bonds. The number of carbonyl (C=O) groups excluding carboxylic acids is 1. The maximum absolute atomic E-state index is 13.4. The van der Waals surface area contributed by atoms with Crippen molar-refractivity contribution in [3.05, 3.63) is 92.0 Å². The highest BCUT2D eigenvalue weighted by Gasteiger charge is 2.27. The molecule has 3 rings (SSSR count). The van der Waals surface area contributed by atoms with Gasteiger partial charge in [0.2, 0.25) is 0 Å². The highest BCUT2D eigenvalue weighted by molar-refractivity contribution is 6.42. The second kappa shape index (κ2) is 12.3. The summed E-state index contributed by atoms with van der Waals surface area (Å²) >= 11 is 12.4. The molecule has 0 aliphatic carbocycles. The summed E-state index contributed by atoms with van der Waals surface area (Å²) in [5.41, 5.74) is 2.50. The van der Waals surface area contributed by atoms with Crippen molar-refractivity contribution in [3.63, 3.8) is 0 Å². The molecule has 0 spiro atoms. The highest BCUT2D eigenvalue weighted by Crippen LogP contribution is 2.27. The Kier molecular flexibility index (Phi) is 9.40. The van der Waals surface area contributed by atoms with E-state index < -0.39 is 4.92 Å². The van der Waals surface area contributed by atoms with Crippen molar-refractivity contribution in [2.45, 2.75) is 39.8 Å². The number of hydrogen-bond donors (Lipinski definition) is 1. The quantitative estimate of drug-likeness (QED) is 0.198. The van der Waals surface area contributed by atoms with Crippen molar-refractivity contribution in [1.82, 2.24) is 14.6 Å². The molecule has 0 radical (unpaired) electrons. The minimum Gasteiger partial charge on any atom is -0.330 e. The smallest absolute Gasteiger partial charge is 0.269 e. The molecule has 0 aliphatic heterocycles. The first kappa shape index (κ1) is 26.8. The monoisotopic (exact) mass is 517 g/mol. The number of non-ortho nitro benzene ring substituents is 1. The van der Waals surface area contributed by atoms with Gasteiger partial charge in [-0.3, -0.25) is 20.8 Å². The van der Waals surface area contributed by atoms with Gasteiger partial charge in [0.25, 0.3) is 5.69 Å². The lowest BCUT2D eigenvalue weighted by atomic mass is 9.86. The van der Waals surface area contributed by atoms with Gasteiger partial charge in [0, 0.05) is 56.0 Å². The van der Waals surface area contributed by atoms with Gasteiger partial charge in [-0.05, 0) is 23.1 Å². The van der Waals surface area contributed by atoms with Crippen molar-refractivity contribution in [2.24, 2.45) is 17.7 Å². The van der Waals surface area contributed by atoms with Gasteiger partial charge in [-0.15, -0.1) is 0 Å². The molecule has 2 aromatic carbocycles. The number of nitro benzene ring substituents is 1. The fraction of sp³-hybridized carbons (Fsp3) is 0.360. The maximum Gasteiger partial charge on any atom is 0.269 e. The molecule has 3 aromatic rings. The highest BCUT2D eigenvalue weighted by atomic mass is 35.5. The lowest BCUT2D eigenvalue weighted by Crippen LogP contribution is -2.40. The number of hydrazine groups is 1. The third-order valence-corrected chi connectivity index (χ3v) is 7.09. The van der Waals surface area contributed by atoms with Crippen LogP contribution in [0, 0.1) is 22.0 Å². The van der Waals surface area contributed by atoms with Gasteiger partial charge in [-0.1, -0.05) is 67.7 Å². The Hall–Kier alpha value is -2.78. The first-order chi connectivity index (χ1) is 16.7. The van der Waals surface area contributed by atoms with Crippen molar-refractivity contribution >= 4 is 34.7 Å². The number of Topliss-reactive ketones (excluding diaryl/α,β-unsaturated/α-hetero) is 1. The number of halogens is 2. The largest absolute Gasteiger partial charge is 0.330 e. The minimum absolute atomic E-state index is 0.0385. The molecule has 186 valence electrons. The number of nitrogens with zero attached hydrogens (tertiary/aromatic N) is 4. The number of ketones is 1. The molecule has 0 aliphatic rings. The zero-order chi connectivity index (χ0) is 25.5. The van der Waals surface area contributed by atoms with E-state index in [1.807, 2.05) is 16.7 Å². The number of imidazole rings is 1. The summed E-state index contributed by atoms with van der Waals surface area (Å²) < 4.78 is 1.89. The van der Waals surface area contributed by atoms with E-state index in [1.165, 1.54) is 12.1 Å². The molecule has 0 saturated carbocycles. The van der Waals surface area contributed by atoms with Crippen LogP contribution in [-0.4, -0.2) is 31.8 Å². The topological polar surface area (TPSA) is 107 Å². The first-order valence-electron chi connectivity index (χ1n) is 11.4. The van der Waals surface area contributed by atoms with E-state index in [4.69, 9.17) is 29.0 Å². The van der Waals surface area contributed by atoms with E-state index in [1.54, 1.807) is 35.7 Å². The summed E-state index contributed by atoms with van der Waals surface area (Å²) in [6.07, 6.45) is 4.40. The van der Waals surface area contributed by atoms with Crippen LogP contribution in [0.3, 0.4) is 0 Å². The third kappa shape index (κ3) is 7.11. The van der Waals surface area contributed by atoms with Crippen molar-refractivity contribution in [2.75, 3.05) is 6.54 Å². The van der Waals surface area contributed by atoms with Gasteiger partial charge in [0.15, 0.2) is 0 Å². The zero-order valence-corrected chi connectivity index (χ0v) is 21.2. The van der Waals surface area contributed by atoms with E-state index in [-0.39, 0.29) is 29.7 Å². The molecule has 35 heavy (non-hydrogen) atoms. The molecule has 2 atom stereocenters. The van der Waals surface area contributed by atoms with Crippen molar-refractivity contribution in [1.29, 1.82) is 0 Å². The third-order valence-electron chi connectivity index (χ3n) is 6.23. The van der Waals surface area contributed by atoms with Gasteiger partial charge in [-0.2, -0.15) is 0 Å². The molecule has 1 heterocycles.